The van der Waals surface area contributed by atoms with Crippen molar-refractivity contribution in [1.29, 1.82) is 0 Å². The Morgan fingerprint density at radius 3 is 2.62 bits per heavy atom. The second kappa shape index (κ2) is 7.56. The number of hydrogen-bond acceptors (Lipinski definition) is 6. The van der Waals surface area contributed by atoms with Gasteiger partial charge in [0.25, 0.3) is 0 Å². The topological polar surface area (TPSA) is 67.9 Å². The Morgan fingerprint density at radius 2 is 1.88 bits per heavy atom. The van der Waals surface area contributed by atoms with Gasteiger partial charge < -0.3 is 9.47 Å². The minimum absolute atomic E-state index is 0.0655. The number of benzene rings is 1. The van der Waals surface area contributed by atoms with Crippen molar-refractivity contribution in [2.75, 3.05) is 32.8 Å². The first kappa shape index (κ1) is 17.8. The normalized spacial score (nSPS) is 18.8. The molecule has 1 aromatic carbocycles. The van der Waals surface area contributed by atoms with Gasteiger partial charge in [0.15, 0.2) is 11.5 Å². The number of ether oxygens (including phenoxy) is 2. The van der Waals surface area contributed by atoms with E-state index in [0.29, 0.717) is 31.3 Å². The van der Waals surface area contributed by atoms with E-state index in [-0.39, 0.29) is 10.9 Å². The molecule has 0 radical (unpaired) electrons. The lowest BCUT2D eigenvalue weighted by atomic mass is 10.1. The van der Waals surface area contributed by atoms with Crippen LogP contribution in [-0.4, -0.2) is 46.2 Å². The summed E-state index contributed by atoms with van der Waals surface area (Å²) >= 11 is 1.64. The van der Waals surface area contributed by atoms with Crippen LogP contribution in [0.4, 0.5) is 0 Å². The Hall–Kier alpha value is -1.61. The van der Waals surface area contributed by atoms with Crippen LogP contribution in [0.3, 0.4) is 0 Å². The standard InChI is InChI=1S/C18H22N2O4S2/c21-26(22,15-3-4-17-18(11-15)24-9-8-23-17)19-12-16(14-5-10-25-13-14)20-6-1-2-7-20/h3-5,10-11,13,16,19H,1-2,6-9,12H2/t16-/m0/s1. The second-order valence-corrected chi connectivity index (χ2v) is 9.02. The quantitative estimate of drug-likeness (QED) is 0.816. The van der Waals surface area contributed by atoms with Gasteiger partial charge >= 0.3 is 0 Å². The lowest BCUT2D eigenvalue weighted by Crippen LogP contribution is -2.36. The number of hydrogen-bond donors (Lipinski definition) is 1. The molecular weight excluding hydrogens is 372 g/mol. The molecule has 2 aliphatic heterocycles. The molecule has 0 saturated carbocycles. The molecule has 140 valence electrons. The van der Waals surface area contributed by atoms with Crippen LogP contribution in [0.1, 0.15) is 24.4 Å². The highest BCUT2D eigenvalue weighted by Gasteiger charge is 2.26. The largest absolute Gasteiger partial charge is 0.486 e. The summed E-state index contributed by atoms with van der Waals surface area (Å²) in [5.41, 5.74) is 1.17. The molecule has 0 amide bonds. The maximum Gasteiger partial charge on any atom is 0.240 e. The summed E-state index contributed by atoms with van der Waals surface area (Å²) in [6, 6.07) is 6.89. The van der Waals surface area contributed by atoms with Gasteiger partial charge in [-0.2, -0.15) is 11.3 Å². The summed E-state index contributed by atoms with van der Waals surface area (Å²) in [6.07, 6.45) is 2.32. The third-order valence-corrected chi connectivity index (χ3v) is 6.92. The zero-order valence-corrected chi connectivity index (χ0v) is 16.0. The van der Waals surface area contributed by atoms with Crippen molar-refractivity contribution in [1.82, 2.24) is 9.62 Å². The smallest absolute Gasteiger partial charge is 0.240 e. The number of likely N-dealkylation sites (tertiary alicyclic amines) is 1. The van der Waals surface area contributed by atoms with Crippen LogP contribution in [0.2, 0.25) is 0 Å². The van der Waals surface area contributed by atoms with E-state index in [0.717, 1.165) is 25.9 Å². The van der Waals surface area contributed by atoms with E-state index < -0.39 is 10.0 Å². The molecule has 0 spiro atoms. The number of fused-ring (bicyclic) bond motifs is 1. The van der Waals surface area contributed by atoms with Gasteiger partial charge in [-0.05, 0) is 60.5 Å². The van der Waals surface area contributed by atoms with Gasteiger partial charge in [0.2, 0.25) is 10.0 Å². The summed E-state index contributed by atoms with van der Waals surface area (Å²) in [6.45, 7) is 3.28. The Bertz CT molecular complexity index is 846. The molecule has 1 aromatic heterocycles. The van der Waals surface area contributed by atoms with Crippen molar-refractivity contribution in [3.05, 3.63) is 40.6 Å². The average Bonchev–Trinajstić information content (AvgIpc) is 3.36. The molecule has 1 atom stereocenters. The van der Waals surface area contributed by atoms with Gasteiger partial charge in [-0.25, -0.2) is 13.1 Å². The fourth-order valence-corrected chi connectivity index (χ4v) is 5.20. The minimum atomic E-state index is -3.62. The summed E-state index contributed by atoms with van der Waals surface area (Å²) in [5, 5.41) is 4.13. The van der Waals surface area contributed by atoms with Crippen molar-refractivity contribution >= 4 is 21.4 Å². The molecule has 1 N–H and O–H groups in total. The van der Waals surface area contributed by atoms with Gasteiger partial charge in [-0.3, -0.25) is 4.90 Å². The van der Waals surface area contributed by atoms with Crippen LogP contribution in [0.5, 0.6) is 11.5 Å². The number of nitrogens with one attached hydrogen (secondary N) is 1. The van der Waals surface area contributed by atoms with Gasteiger partial charge in [0, 0.05) is 18.7 Å². The molecule has 8 heteroatoms. The van der Waals surface area contributed by atoms with E-state index in [1.807, 2.05) is 5.38 Å². The first-order valence-corrected chi connectivity index (χ1v) is 11.2. The third-order valence-electron chi connectivity index (χ3n) is 4.80. The summed E-state index contributed by atoms with van der Waals surface area (Å²) in [7, 11) is -3.62. The van der Waals surface area contributed by atoms with Crippen LogP contribution < -0.4 is 14.2 Å². The fourth-order valence-electron chi connectivity index (χ4n) is 3.44. The molecule has 6 nitrogen and oxygen atoms in total. The second-order valence-electron chi connectivity index (χ2n) is 6.47. The van der Waals surface area contributed by atoms with Gasteiger partial charge in [0.1, 0.15) is 13.2 Å². The maximum absolute atomic E-state index is 12.8. The van der Waals surface area contributed by atoms with Gasteiger partial charge in [0.05, 0.1) is 4.90 Å². The van der Waals surface area contributed by atoms with Gasteiger partial charge in [-0.15, -0.1) is 0 Å². The van der Waals surface area contributed by atoms with E-state index in [4.69, 9.17) is 9.47 Å². The molecule has 3 heterocycles. The van der Waals surface area contributed by atoms with E-state index in [1.165, 1.54) is 11.6 Å². The summed E-state index contributed by atoms with van der Waals surface area (Å²) < 4.78 is 39.3. The number of nitrogens with zero attached hydrogens (tertiary/aromatic N) is 1. The average molecular weight is 395 g/mol. The van der Waals surface area contributed by atoms with Crippen LogP contribution in [0, 0.1) is 0 Å². The molecule has 0 unspecified atom stereocenters. The molecule has 26 heavy (non-hydrogen) atoms. The predicted molar refractivity (Wildman–Crippen MR) is 100 cm³/mol. The van der Waals surface area contributed by atoms with E-state index in [2.05, 4.69) is 21.1 Å². The van der Waals surface area contributed by atoms with Crippen LogP contribution in [-0.2, 0) is 10.0 Å². The lowest BCUT2D eigenvalue weighted by Gasteiger charge is -2.27. The zero-order chi connectivity index (χ0) is 18.0. The fraction of sp³-hybridized carbons (Fsp3) is 0.444. The zero-order valence-electron chi connectivity index (χ0n) is 14.4. The van der Waals surface area contributed by atoms with Crippen LogP contribution in [0.25, 0.3) is 0 Å². The highest BCUT2D eigenvalue weighted by Crippen LogP contribution is 2.32. The highest BCUT2D eigenvalue weighted by atomic mass is 32.2. The van der Waals surface area contributed by atoms with Crippen LogP contribution >= 0.6 is 11.3 Å². The molecule has 0 aliphatic carbocycles. The van der Waals surface area contributed by atoms with Crippen molar-refractivity contribution < 1.29 is 17.9 Å². The number of thiophene rings is 1. The van der Waals surface area contributed by atoms with Gasteiger partial charge in [-0.1, -0.05) is 0 Å². The Balaban J connectivity index is 1.51. The monoisotopic (exact) mass is 394 g/mol. The van der Waals surface area contributed by atoms with Crippen molar-refractivity contribution in [3.8, 4) is 11.5 Å². The molecule has 1 fully saturated rings. The first-order chi connectivity index (χ1) is 12.6. The lowest BCUT2D eigenvalue weighted by molar-refractivity contribution is 0.171. The highest BCUT2D eigenvalue weighted by molar-refractivity contribution is 7.89. The first-order valence-electron chi connectivity index (χ1n) is 8.79. The van der Waals surface area contributed by atoms with Crippen molar-refractivity contribution in [2.45, 2.75) is 23.8 Å². The molecule has 4 rings (SSSR count). The van der Waals surface area contributed by atoms with Crippen molar-refractivity contribution in [2.24, 2.45) is 0 Å². The molecule has 1 saturated heterocycles. The molecular formula is C18H22N2O4S2. The predicted octanol–water partition coefficient (Wildman–Crippen LogP) is 2.63. The molecule has 2 aromatic rings. The number of sulfonamides is 1. The van der Waals surface area contributed by atoms with Crippen molar-refractivity contribution in [3.63, 3.8) is 0 Å². The third kappa shape index (κ3) is 3.73. The Labute approximate surface area is 157 Å². The van der Waals surface area contributed by atoms with E-state index in [1.54, 1.807) is 23.5 Å². The Kier molecular flexibility index (Phi) is 5.17. The van der Waals surface area contributed by atoms with E-state index >= 15 is 0 Å². The minimum Gasteiger partial charge on any atom is -0.486 e. The van der Waals surface area contributed by atoms with E-state index in [9.17, 15) is 8.42 Å². The molecule has 0 bridgehead atoms. The number of rotatable bonds is 6. The summed E-state index contributed by atoms with van der Waals surface area (Å²) in [5.74, 6) is 1.07. The maximum atomic E-state index is 12.8. The molecule has 2 aliphatic rings. The van der Waals surface area contributed by atoms with Crippen LogP contribution in [0.15, 0.2) is 39.9 Å². The SMILES string of the molecule is O=S(=O)(NC[C@@H](c1ccsc1)N1CCCC1)c1ccc2c(c1)OCCO2. The Morgan fingerprint density at radius 1 is 1.12 bits per heavy atom. The summed E-state index contributed by atoms with van der Waals surface area (Å²) in [4.78, 5) is 2.56.